The zero-order valence-corrected chi connectivity index (χ0v) is 11.1. The molecule has 1 aliphatic rings. The average molecular weight is 303 g/mol. The van der Waals surface area contributed by atoms with Crippen LogP contribution in [0.3, 0.4) is 0 Å². The summed E-state index contributed by atoms with van der Waals surface area (Å²) in [5, 5.41) is 9.54. The largest absolute Gasteiger partial charge is 0.455 e. The predicted octanol–water partition coefficient (Wildman–Crippen LogP) is 4.09. The molecule has 1 heterocycles. The number of para-hydroxylation sites is 2. The first-order chi connectivity index (χ1) is 8.79. The summed E-state index contributed by atoms with van der Waals surface area (Å²) in [6.45, 7) is -0.0128. The summed E-state index contributed by atoms with van der Waals surface area (Å²) < 4.78 is 6.84. The smallest absolute Gasteiger partial charge is 0.149 e. The molecule has 0 unspecified atom stereocenters. The topological polar surface area (TPSA) is 29.5 Å². The molecule has 0 saturated carbocycles. The number of aliphatic hydroxyl groups is 1. The van der Waals surface area contributed by atoms with Crippen molar-refractivity contribution in [1.29, 1.82) is 0 Å². The molecule has 0 fully saturated rings. The second-order valence-corrected chi connectivity index (χ2v) is 4.94. The van der Waals surface area contributed by atoms with Crippen LogP contribution < -0.4 is 4.74 Å². The molecule has 18 heavy (non-hydrogen) atoms. The predicted molar refractivity (Wildman–Crippen MR) is 75.6 cm³/mol. The van der Waals surface area contributed by atoms with Crippen LogP contribution in [0.2, 0.25) is 0 Å². The average Bonchev–Trinajstić information content (AvgIpc) is 2.56. The first kappa shape index (κ1) is 11.5. The van der Waals surface area contributed by atoms with E-state index in [2.05, 4.69) is 15.9 Å². The van der Waals surface area contributed by atoms with Crippen LogP contribution in [0.1, 0.15) is 11.1 Å². The lowest BCUT2D eigenvalue weighted by atomic mass is 10.0. The van der Waals surface area contributed by atoms with Crippen molar-refractivity contribution in [3.8, 4) is 11.5 Å². The van der Waals surface area contributed by atoms with Crippen molar-refractivity contribution in [3.05, 3.63) is 58.1 Å². The number of rotatable bonds is 1. The molecule has 1 aliphatic heterocycles. The van der Waals surface area contributed by atoms with E-state index in [0.717, 1.165) is 32.7 Å². The minimum absolute atomic E-state index is 0.0128. The zero-order chi connectivity index (χ0) is 12.5. The first-order valence-corrected chi connectivity index (χ1v) is 6.46. The molecule has 0 bridgehead atoms. The molecule has 2 nitrogen and oxygen atoms in total. The van der Waals surface area contributed by atoms with Crippen molar-refractivity contribution in [2.75, 3.05) is 6.61 Å². The van der Waals surface area contributed by atoms with Gasteiger partial charge in [-0.15, -0.1) is 0 Å². The molecule has 1 N–H and O–H groups in total. The summed E-state index contributed by atoms with van der Waals surface area (Å²) in [7, 11) is 0. The lowest BCUT2D eigenvalue weighted by Gasteiger charge is -2.11. The molecular weight excluding hydrogens is 292 g/mol. The number of hydrogen-bond acceptors (Lipinski definition) is 2. The van der Waals surface area contributed by atoms with Crippen molar-refractivity contribution < 1.29 is 9.84 Å². The van der Waals surface area contributed by atoms with Gasteiger partial charge in [-0.3, -0.25) is 0 Å². The summed E-state index contributed by atoms with van der Waals surface area (Å²) in [6, 6.07) is 13.6. The van der Waals surface area contributed by atoms with E-state index in [1.807, 2.05) is 48.5 Å². The fraction of sp³-hybridized carbons (Fsp3) is 0.0667. The molecule has 0 atom stereocenters. The summed E-state index contributed by atoms with van der Waals surface area (Å²) in [5.74, 6) is 1.55. The summed E-state index contributed by atoms with van der Waals surface area (Å²) in [4.78, 5) is 0. The number of ether oxygens (including phenoxy) is 1. The summed E-state index contributed by atoms with van der Waals surface area (Å²) in [5.41, 5.74) is 2.75. The van der Waals surface area contributed by atoms with E-state index in [0.29, 0.717) is 0 Å². The van der Waals surface area contributed by atoms with E-state index in [-0.39, 0.29) is 6.61 Å². The molecule has 0 aliphatic carbocycles. The van der Waals surface area contributed by atoms with Crippen LogP contribution >= 0.6 is 15.9 Å². The Hall–Kier alpha value is -1.58. The Morgan fingerprint density at radius 1 is 1.06 bits per heavy atom. The van der Waals surface area contributed by atoms with Gasteiger partial charge in [0.25, 0.3) is 0 Å². The number of fused-ring (bicyclic) bond motifs is 2. The summed E-state index contributed by atoms with van der Waals surface area (Å²) in [6.07, 6.45) is 1.97. The van der Waals surface area contributed by atoms with E-state index in [4.69, 9.17) is 4.74 Å². The van der Waals surface area contributed by atoms with Crippen molar-refractivity contribution >= 4 is 27.6 Å². The quantitative estimate of drug-likeness (QED) is 0.860. The molecule has 0 radical (unpaired) electrons. The lowest BCUT2D eigenvalue weighted by Crippen LogP contribution is -1.93. The number of hydrogen-bond donors (Lipinski definition) is 1. The Morgan fingerprint density at radius 3 is 2.72 bits per heavy atom. The minimum Gasteiger partial charge on any atom is -0.455 e. The molecule has 0 spiro atoms. The Morgan fingerprint density at radius 2 is 1.89 bits per heavy atom. The van der Waals surface area contributed by atoms with E-state index >= 15 is 0 Å². The van der Waals surface area contributed by atoms with Gasteiger partial charge in [0.05, 0.1) is 11.1 Å². The number of halogens is 1. The Kier molecular flexibility index (Phi) is 2.94. The maximum absolute atomic E-state index is 9.54. The first-order valence-electron chi connectivity index (χ1n) is 5.67. The van der Waals surface area contributed by atoms with E-state index < -0.39 is 0 Å². The fourth-order valence-corrected chi connectivity index (χ4v) is 2.51. The van der Waals surface area contributed by atoms with E-state index in [1.54, 1.807) is 0 Å². The van der Waals surface area contributed by atoms with Gasteiger partial charge in [-0.1, -0.05) is 30.3 Å². The van der Waals surface area contributed by atoms with Gasteiger partial charge < -0.3 is 9.84 Å². The molecule has 90 valence electrons. The van der Waals surface area contributed by atoms with Crippen molar-refractivity contribution in [1.82, 2.24) is 0 Å². The van der Waals surface area contributed by atoms with Gasteiger partial charge in [0, 0.05) is 11.1 Å². The van der Waals surface area contributed by atoms with Crippen LogP contribution in [0.5, 0.6) is 11.5 Å². The van der Waals surface area contributed by atoms with Gasteiger partial charge in [-0.05, 0) is 39.7 Å². The van der Waals surface area contributed by atoms with Gasteiger partial charge in [-0.2, -0.15) is 0 Å². The molecule has 3 heteroatoms. The van der Waals surface area contributed by atoms with Crippen LogP contribution in [0, 0.1) is 0 Å². The second-order valence-electron chi connectivity index (χ2n) is 4.08. The van der Waals surface area contributed by atoms with Crippen LogP contribution in [0.4, 0.5) is 0 Å². The third-order valence-electron chi connectivity index (χ3n) is 2.94. The van der Waals surface area contributed by atoms with Crippen molar-refractivity contribution in [2.45, 2.75) is 0 Å². The standard InChI is InChI=1S/C15H11BrO2/c16-13-6-3-5-12-11(9-17)8-10-4-1-2-7-14(10)18-15(12)13/h1-8,17H,9H2. The van der Waals surface area contributed by atoms with Gasteiger partial charge in [-0.25, -0.2) is 0 Å². The van der Waals surface area contributed by atoms with E-state index in [1.165, 1.54) is 0 Å². The third-order valence-corrected chi connectivity index (χ3v) is 3.57. The van der Waals surface area contributed by atoms with Gasteiger partial charge >= 0.3 is 0 Å². The SMILES string of the molecule is OCC1=Cc2ccccc2Oc2c(Br)cccc21. The molecular formula is C15H11BrO2. The van der Waals surface area contributed by atoms with Crippen LogP contribution in [-0.2, 0) is 0 Å². The molecule has 2 aromatic carbocycles. The highest BCUT2D eigenvalue weighted by molar-refractivity contribution is 9.10. The van der Waals surface area contributed by atoms with Gasteiger partial charge in [0.15, 0.2) is 0 Å². The van der Waals surface area contributed by atoms with Gasteiger partial charge in [0.2, 0.25) is 0 Å². The fourth-order valence-electron chi connectivity index (χ4n) is 2.06. The molecule has 0 saturated heterocycles. The normalized spacial score (nSPS) is 12.9. The van der Waals surface area contributed by atoms with Crippen molar-refractivity contribution in [2.24, 2.45) is 0 Å². The van der Waals surface area contributed by atoms with Crippen LogP contribution in [-0.4, -0.2) is 11.7 Å². The molecule has 0 amide bonds. The highest BCUT2D eigenvalue weighted by atomic mass is 79.9. The Bertz CT molecular complexity index is 632. The Balaban J connectivity index is 2.28. The van der Waals surface area contributed by atoms with Crippen molar-refractivity contribution in [3.63, 3.8) is 0 Å². The van der Waals surface area contributed by atoms with Gasteiger partial charge in [0.1, 0.15) is 11.5 Å². The second kappa shape index (κ2) is 4.59. The third kappa shape index (κ3) is 1.85. The maximum atomic E-state index is 9.54. The molecule has 2 aromatic rings. The van der Waals surface area contributed by atoms with E-state index in [9.17, 15) is 5.11 Å². The Labute approximate surface area is 114 Å². The zero-order valence-electron chi connectivity index (χ0n) is 9.56. The van der Waals surface area contributed by atoms with Crippen LogP contribution in [0.15, 0.2) is 46.9 Å². The van der Waals surface area contributed by atoms with Crippen LogP contribution in [0.25, 0.3) is 11.6 Å². The molecule has 3 rings (SSSR count). The summed E-state index contributed by atoms with van der Waals surface area (Å²) >= 11 is 3.49. The molecule has 0 aromatic heterocycles. The maximum Gasteiger partial charge on any atom is 0.149 e. The lowest BCUT2D eigenvalue weighted by molar-refractivity contribution is 0.350. The highest BCUT2D eigenvalue weighted by Crippen LogP contribution is 2.41. The highest BCUT2D eigenvalue weighted by Gasteiger charge is 2.17. The number of aliphatic hydroxyl groups excluding tert-OH is 1. The monoisotopic (exact) mass is 302 g/mol. The minimum atomic E-state index is -0.0128. The number of benzene rings is 2.